The summed E-state index contributed by atoms with van der Waals surface area (Å²) < 4.78 is 24.9. The predicted octanol–water partition coefficient (Wildman–Crippen LogP) is 3.96. The Morgan fingerprint density at radius 2 is 1.20 bits per heavy atom. The first kappa shape index (κ1) is 9.84. The molecule has 0 aliphatic heterocycles. The van der Waals surface area contributed by atoms with Crippen LogP contribution in [0.1, 0.15) is 5.56 Å². The normalized spacial score (nSPS) is 10.3. The molecule has 0 radical (unpaired) electrons. The summed E-state index contributed by atoms with van der Waals surface area (Å²) in [6, 6.07) is 13.4. The number of hydrogen-bond donors (Lipinski definition) is 0. The van der Waals surface area contributed by atoms with E-state index in [1.165, 1.54) is 12.1 Å². The van der Waals surface area contributed by atoms with Gasteiger partial charge in [-0.25, -0.2) is 8.78 Å². The van der Waals surface area contributed by atoms with Crippen molar-refractivity contribution in [3.05, 3.63) is 59.9 Å². The average Bonchev–Trinajstić information content (AvgIpc) is 2.30. The zero-order chi connectivity index (χ0) is 10.7. The van der Waals surface area contributed by atoms with Crippen molar-refractivity contribution < 1.29 is 8.78 Å². The number of alkyl halides is 1. The molecule has 0 saturated heterocycles. The van der Waals surface area contributed by atoms with Crippen molar-refractivity contribution in [2.24, 2.45) is 0 Å². The summed E-state index contributed by atoms with van der Waals surface area (Å²) in [5.41, 5.74) is 2.55. The van der Waals surface area contributed by atoms with Gasteiger partial charge in [-0.15, -0.1) is 0 Å². The van der Waals surface area contributed by atoms with E-state index >= 15 is 0 Å². The van der Waals surface area contributed by atoms with Crippen molar-refractivity contribution in [2.75, 3.05) is 0 Å². The first-order valence-corrected chi connectivity index (χ1v) is 4.70. The van der Waals surface area contributed by atoms with Gasteiger partial charge in [0, 0.05) is 0 Å². The van der Waals surface area contributed by atoms with Gasteiger partial charge in [-0.05, 0) is 28.8 Å². The van der Waals surface area contributed by atoms with Gasteiger partial charge in [-0.2, -0.15) is 0 Å². The van der Waals surface area contributed by atoms with Crippen molar-refractivity contribution >= 4 is 0 Å². The van der Waals surface area contributed by atoms with Gasteiger partial charge in [0.25, 0.3) is 0 Å². The fraction of sp³-hybridized carbons (Fsp3) is 0.0769. The van der Waals surface area contributed by atoms with Gasteiger partial charge in [0.2, 0.25) is 0 Å². The van der Waals surface area contributed by atoms with E-state index in [1.54, 1.807) is 24.3 Å². The molecule has 0 N–H and O–H groups in total. The van der Waals surface area contributed by atoms with Crippen LogP contribution in [0.2, 0.25) is 0 Å². The van der Waals surface area contributed by atoms with Crippen LogP contribution in [-0.2, 0) is 6.67 Å². The molecule has 76 valence electrons. The quantitative estimate of drug-likeness (QED) is 0.694. The van der Waals surface area contributed by atoms with Crippen molar-refractivity contribution in [1.29, 1.82) is 0 Å². The number of rotatable bonds is 2. The molecule has 2 rings (SSSR count). The van der Waals surface area contributed by atoms with Crippen molar-refractivity contribution in [1.82, 2.24) is 0 Å². The van der Waals surface area contributed by atoms with E-state index in [9.17, 15) is 8.78 Å². The lowest BCUT2D eigenvalue weighted by molar-refractivity contribution is 0.485. The van der Waals surface area contributed by atoms with E-state index in [2.05, 4.69) is 0 Å². The van der Waals surface area contributed by atoms with Crippen LogP contribution in [0.4, 0.5) is 8.78 Å². The van der Waals surface area contributed by atoms with E-state index in [0.29, 0.717) is 5.56 Å². The fourth-order valence-corrected chi connectivity index (χ4v) is 1.43. The number of benzene rings is 2. The summed E-state index contributed by atoms with van der Waals surface area (Å²) in [6.07, 6.45) is 0. The molecule has 2 heteroatoms. The lowest BCUT2D eigenvalue weighted by Crippen LogP contribution is -1.81. The molecule has 0 saturated carbocycles. The van der Waals surface area contributed by atoms with Crippen molar-refractivity contribution in [3.63, 3.8) is 0 Å². The van der Waals surface area contributed by atoms with Gasteiger partial charge in [0.05, 0.1) is 0 Å². The minimum absolute atomic E-state index is 0.251. The second kappa shape index (κ2) is 4.22. The standard InChI is InChI=1S/C13H10F2/c14-9-10-1-3-11(4-2-10)12-5-7-13(15)8-6-12/h1-8H,9H2. The smallest absolute Gasteiger partial charge is 0.123 e. The van der Waals surface area contributed by atoms with Crippen molar-refractivity contribution in [3.8, 4) is 11.1 Å². The highest BCUT2D eigenvalue weighted by atomic mass is 19.1. The second-order valence-electron chi connectivity index (χ2n) is 3.34. The summed E-state index contributed by atoms with van der Waals surface area (Å²) in [7, 11) is 0. The van der Waals surface area contributed by atoms with Gasteiger partial charge in [0.15, 0.2) is 0 Å². The van der Waals surface area contributed by atoms with E-state index in [1.807, 2.05) is 12.1 Å². The number of halogens is 2. The molecule has 15 heavy (non-hydrogen) atoms. The minimum Gasteiger partial charge on any atom is -0.246 e. The SMILES string of the molecule is FCc1ccc(-c2ccc(F)cc2)cc1. The molecule has 2 aromatic carbocycles. The number of hydrogen-bond acceptors (Lipinski definition) is 0. The molecule has 2 aromatic rings. The highest BCUT2D eigenvalue weighted by Crippen LogP contribution is 2.20. The van der Waals surface area contributed by atoms with Gasteiger partial charge in [-0.3, -0.25) is 0 Å². The monoisotopic (exact) mass is 204 g/mol. The average molecular weight is 204 g/mol. The second-order valence-corrected chi connectivity index (χ2v) is 3.34. The molecule has 0 amide bonds. The summed E-state index contributed by atoms with van der Waals surface area (Å²) in [6.45, 7) is -0.455. The van der Waals surface area contributed by atoms with Crippen LogP contribution in [0, 0.1) is 5.82 Å². The maximum Gasteiger partial charge on any atom is 0.123 e. The van der Waals surface area contributed by atoms with Crippen molar-refractivity contribution in [2.45, 2.75) is 6.67 Å². The molecule has 0 aliphatic rings. The first-order chi connectivity index (χ1) is 7.29. The Bertz CT molecular complexity index is 429. The maximum atomic E-state index is 12.7. The Morgan fingerprint density at radius 3 is 1.67 bits per heavy atom. The molecule has 0 aliphatic carbocycles. The van der Waals surface area contributed by atoms with E-state index < -0.39 is 6.67 Å². The lowest BCUT2D eigenvalue weighted by atomic mass is 10.0. The van der Waals surface area contributed by atoms with Crippen LogP contribution in [0.25, 0.3) is 11.1 Å². The third-order valence-electron chi connectivity index (χ3n) is 2.29. The summed E-state index contributed by atoms with van der Waals surface area (Å²) in [5, 5.41) is 0. The van der Waals surface area contributed by atoms with Crippen LogP contribution < -0.4 is 0 Å². The van der Waals surface area contributed by atoms with Crippen LogP contribution in [0.15, 0.2) is 48.5 Å². The Morgan fingerprint density at radius 1 is 0.733 bits per heavy atom. The largest absolute Gasteiger partial charge is 0.246 e. The van der Waals surface area contributed by atoms with Crippen LogP contribution in [-0.4, -0.2) is 0 Å². The minimum atomic E-state index is -0.455. The highest BCUT2D eigenvalue weighted by molar-refractivity contribution is 5.63. The Kier molecular flexibility index (Phi) is 2.77. The Labute approximate surface area is 87.2 Å². The summed E-state index contributed by atoms with van der Waals surface area (Å²) >= 11 is 0. The molecule has 0 bridgehead atoms. The zero-order valence-corrected chi connectivity index (χ0v) is 8.08. The van der Waals surface area contributed by atoms with E-state index in [4.69, 9.17) is 0 Å². The molecule has 0 heterocycles. The van der Waals surface area contributed by atoms with Crippen LogP contribution in [0.3, 0.4) is 0 Å². The Hall–Kier alpha value is -1.70. The van der Waals surface area contributed by atoms with Gasteiger partial charge < -0.3 is 0 Å². The molecular weight excluding hydrogens is 194 g/mol. The first-order valence-electron chi connectivity index (χ1n) is 4.70. The van der Waals surface area contributed by atoms with Gasteiger partial charge in [0.1, 0.15) is 12.5 Å². The maximum absolute atomic E-state index is 12.7. The molecule has 0 aromatic heterocycles. The predicted molar refractivity (Wildman–Crippen MR) is 56.6 cm³/mol. The van der Waals surface area contributed by atoms with Crippen LogP contribution >= 0.6 is 0 Å². The zero-order valence-electron chi connectivity index (χ0n) is 8.08. The molecular formula is C13H10F2. The third-order valence-corrected chi connectivity index (χ3v) is 2.29. The summed E-state index contributed by atoms with van der Waals surface area (Å²) in [5.74, 6) is -0.251. The van der Waals surface area contributed by atoms with Gasteiger partial charge in [-0.1, -0.05) is 36.4 Å². The fourth-order valence-electron chi connectivity index (χ4n) is 1.43. The molecule has 0 spiro atoms. The van der Waals surface area contributed by atoms with Crippen LogP contribution in [0.5, 0.6) is 0 Å². The lowest BCUT2D eigenvalue weighted by Gasteiger charge is -2.02. The molecule has 0 nitrogen and oxygen atoms in total. The van der Waals surface area contributed by atoms with E-state index in [-0.39, 0.29) is 5.82 Å². The Balaban J connectivity index is 2.33. The molecule has 0 atom stereocenters. The molecule has 0 unspecified atom stereocenters. The van der Waals surface area contributed by atoms with E-state index in [0.717, 1.165) is 11.1 Å². The topological polar surface area (TPSA) is 0 Å². The third kappa shape index (κ3) is 2.21. The van der Waals surface area contributed by atoms with Gasteiger partial charge >= 0.3 is 0 Å². The molecule has 0 fully saturated rings. The summed E-state index contributed by atoms with van der Waals surface area (Å²) in [4.78, 5) is 0. The highest BCUT2D eigenvalue weighted by Gasteiger charge is 1.98.